The zero-order chi connectivity index (χ0) is 15.6. The molecule has 1 heterocycles. The van der Waals surface area contributed by atoms with Crippen LogP contribution in [-0.2, 0) is 25.5 Å². The van der Waals surface area contributed by atoms with Gasteiger partial charge in [-0.3, -0.25) is 0 Å². The van der Waals surface area contributed by atoms with Crippen molar-refractivity contribution in [2.24, 2.45) is 0 Å². The van der Waals surface area contributed by atoms with Crippen molar-refractivity contribution < 1.29 is 24.2 Å². The van der Waals surface area contributed by atoms with Crippen LogP contribution >= 0.6 is 0 Å². The molecular formula is C15H17NO5. The van der Waals surface area contributed by atoms with Gasteiger partial charge in [-0.15, -0.1) is 0 Å². The second kappa shape index (κ2) is 5.47. The number of nitrogens with one attached hydrogen (secondary N) is 1. The Morgan fingerprint density at radius 2 is 1.86 bits per heavy atom. The molecule has 0 bridgehead atoms. The van der Waals surface area contributed by atoms with Crippen LogP contribution < -0.4 is 5.32 Å². The molecule has 21 heavy (non-hydrogen) atoms. The van der Waals surface area contributed by atoms with E-state index in [1.807, 2.05) is 6.92 Å². The summed E-state index contributed by atoms with van der Waals surface area (Å²) in [6.07, 6.45) is 1.97. The van der Waals surface area contributed by atoms with Gasteiger partial charge in [0, 0.05) is 20.0 Å². The Balaban J connectivity index is 2.21. The number of hydrogen-bond donors (Lipinski definition) is 2. The van der Waals surface area contributed by atoms with E-state index in [9.17, 15) is 14.7 Å². The largest absolute Gasteiger partial charge is 0.506 e. The maximum absolute atomic E-state index is 11.8. The van der Waals surface area contributed by atoms with Gasteiger partial charge in [-0.05, 0) is 24.1 Å². The van der Waals surface area contributed by atoms with Crippen LogP contribution in [-0.4, -0.2) is 22.8 Å². The van der Waals surface area contributed by atoms with Crippen LogP contribution in [0.25, 0.3) is 0 Å². The van der Waals surface area contributed by atoms with Crippen LogP contribution in [0.3, 0.4) is 0 Å². The summed E-state index contributed by atoms with van der Waals surface area (Å²) in [6, 6.07) is 5.06. The number of hydrogen-bond acceptors (Lipinski definition) is 6. The first kappa shape index (κ1) is 14.9. The number of esters is 2. The Bertz CT molecular complexity index is 596. The van der Waals surface area contributed by atoms with Crippen molar-refractivity contribution in [1.29, 1.82) is 0 Å². The van der Waals surface area contributed by atoms with Gasteiger partial charge in [0.25, 0.3) is 5.79 Å². The standard InChI is InChI=1S/C15H17NO5/c1-4-9-5-6-12(17)11(7-9)16-8-10-13(18)20-15(2,3)21-14(10)19/h5-8,16-17H,4H2,1-3H3. The van der Waals surface area contributed by atoms with E-state index in [2.05, 4.69) is 5.32 Å². The number of carbonyl (C=O) groups is 2. The Kier molecular flexibility index (Phi) is 3.88. The van der Waals surface area contributed by atoms with Crippen molar-refractivity contribution >= 4 is 17.6 Å². The molecule has 6 heteroatoms. The summed E-state index contributed by atoms with van der Waals surface area (Å²) in [5.41, 5.74) is 1.14. The third-order valence-electron chi connectivity index (χ3n) is 2.96. The lowest BCUT2D eigenvalue weighted by Gasteiger charge is -2.29. The molecule has 6 nitrogen and oxygen atoms in total. The fourth-order valence-electron chi connectivity index (χ4n) is 1.85. The molecule has 1 aliphatic heterocycles. The molecule has 1 aromatic carbocycles. The normalized spacial score (nSPS) is 17.0. The average Bonchev–Trinajstić information content (AvgIpc) is 2.38. The minimum atomic E-state index is -1.27. The lowest BCUT2D eigenvalue weighted by atomic mass is 10.1. The van der Waals surface area contributed by atoms with Crippen molar-refractivity contribution in [3.05, 3.63) is 35.5 Å². The summed E-state index contributed by atoms with van der Waals surface area (Å²) < 4.78 is 9.93. The number of phenols is 1. The molecule has 0 amide bonds. The van der Waals surface area contributed by atoms with E-state index in [0.717, 1.165) is 12.0 Å². The SMILES string of the molecule is CCc1ccc(O)c(NC=C2C(=O)OC(C)(C)OC2=O)c1. The van der Waals surface area contributed by atoms with E-state index < -0.39 is 17.7 Å². The number of phenolic OH excluding ortho intramolecular Hbond substituents is 1. The van der Waals surface area contributed by atoms with Crippen molar-refractivity contribution in [1.82, 2.24) is 0 Å². The molecular weight excluding hydrogens is 274 g/mol. The number of aryl methyl sites for hydroxylation is 1. The summed E-state index contributed by atoms with van der Waals surface area (Å²) >= 11 is 0. The second-order valence-corrected chi connectivity index (χ2v) is 5.09. The van der Waals surface area contributed by atoms with Crippen LogP contribution in [0.15, 0.2) is 30.0 Å². The Hall–Kier alpha value is -2.50. The highest BCUT2D eigenvalue weighted by Crippen LogP contribution is 2.26. The minimum Gasteiger partial charge on any atom is -0.506 e. The van der Waals surface area contributed by atoms with E-state index >= 15 is 0 Å². The monoisotopic (exact) mass is 291 g/mol. The van der Waals surface area contributed by atoms with Crippen LogP contribution in [0.2, 0.25) is 0 Å². The summed E-state index contributed by atoms with van der Waals surface area (Å²) in [4.78, 5) is 23.5. The molecule has 1 aromatic rings. The summed E-state index contributed by atoms with van der Waals surface area (Å²) in [7, 11) is 0. The molecule has 0 aliphatic carbocycles. The van der Waals surface area contributed by atoms with E-state index in [-0.39, 0.29) is 11.3 Å². The van der Waals surface area contributed by atoms with Gasteiger partial charge in [0.2, 0.25) is 0 Å². The Labute approximate surface area is 122 Å². The average molecular weight is 291 g/mol. The Morgan fingerprint density at radius 3 is 2.43 bits per heavy atom. The lowest BCUT2D eigenvalue weighted by molar-refractivity contribution is -0.222. The molecule has 0 unspecified atom stereocenters. The van der Waals surface area contributed by atoms with Crippen LogP contribution in [0.4, 0.5) is 5.69 Å². The fraction of sp³-hybridized carbons (Fsp3) is 0.333. The molecule has 2 N–H and O–H groups in total. The quantitative estimate of drug-likeness (QED) is 0.384. The number of anilines is 1. The molecule has 0 spiro atoms. The van der Waals surface area contributed by atoms with Gasteiger partial charge in [-0.2, -0.15) is 0 Å². The van der Waals surface area contributed by atoms with Gasteiger partial charge in [-0.25, -0.2) is 9.59 Å². The third-order valence-corrected chi connectivity index (χ3v) is 2.96. The fourth-order valence-corrected chi connectivity index (χ4v) is 1.85. The topological polar surface area (TPSA) is 84.9 Å². The van der Waals surface area contributed by atoms with E-state index in [0.29, 0.717) is 5.69 Å². The maximum Gasteiger partial charge on any atom is 0.350 e. The van der Waals surface area contributed by atoms with Crippen LogP contribution in [0.5, 0.6) is 5.75 Å². The molecule has 0 atom stereocenters. The van der Waals surface area contributed by atoms with Gasteiger partial charge >= 0.3 is 11.9 Å². The Morgan fingerprint density at radius 1 is 1.24 bits per heavy atom. The molecule has 0 saturated carbocycles. The van der Waals surface area contributed by atoms with Crippen LogP contribution in [0, 0.1) is 0 Å². The smallest absolute Gasteiger partial charge is 0.350 e. The molecule has 112 valence electrons. The van der Waals surface area contributed by atoms with Gasteiger partial charge < -0.3 is 19.9 Å². The van der Waals surface area contributed by atoms with E-state index in [1.165, 1.54) is 20.0 Å². The molecule has 0 radical (unpaired) electrons. The minimum absolute atomic E-state index is 0.0157. The highest BCUT2D eigenvalue weighted by atomic mass is 16.7. The first-order valence-electron chi connectivity index (χ1n) is 6.57. The van der Waals surface area contributed by atoms with E-state index in [4.69, 9.17) is 9.47 Å². The zero-order valence-electron chi connectivity index (χ0n) is 12.1. The number of cyclic esters (lactones) is 2. The van der Waals surface area contributed by atoms with Gasteiger partial charge in [0.1, 0.15) is 5.75 Å². The predicted molar refractivity (Wildman–Crippen MR) is 75.5 cm³/mol. The summed E-state index contributed by atoms with van der Waals surface area (Å²) in [5.74, 6) is -2.79. The van der Waals surface area contributed by atoms with E-state index in [1.54, 1.807) is 18.2 Å². The predicted octanol–water partition coefficient (Wildman–Crippen LogP) is 2.09. The van der Waals surface area contributed by atoms with Crippen molar-refractivity contribution in [2.45, 2.75) is 33.0 Å². The van der Waals surface area contributed by atoms with Crippen molar-refractivity contribution in [3.8, 4) is 5.75 Å². The van der Waals surface area contributed by atoms with Gasteiger partial charge in [0.05, 0.1) is 5.69 Å². The van der Waals surface area contributed by atoms with Crippen molar-refractivity contribution in [3.63, 3.8) is 0 Å². The van der Waals surface area contributed by atoms with Crippen molar-refractivity contribution in [2.75, 3.05) is 5.32 Å². The zero-order valence-corrected chi connectivity index (χ0v) is 12.1. The van der Waals surface area contributed by atoms with Gasteiger partial charge in [-0.1, -0.05) is 13.0 Å². The molecule has 1 aliphatic rings. The highest BCUT2D eigenvalue weighted by molar-refractivity contribution is 6.15. The third kappa shape index (κ3) is 3.34. The molecule has 1 saturated heterocycles. The number of ether oxygens (including phenoxy) is 2. The molecule has 2 rings (SSSR count). The first-order valence-corrected chi connectivity index (χ1v) is 6.57. The molecule has 0 aromatic heterocycles. The first-order chi connectivity index (χ1) is 9.82. The lowest BCUT2D eigenvalue weighted by Crippen LogP contribution is -2.42. The number of carbonyl (C=O) groups excluding carboxylic acids is 2. The number of aromatic hydroxyl groups is 1. The van der Waals surface area contributed by atoms with Crippen LogP contribution in [0.1, 0.15) is 26.3 Å². The summed E-state index contributed by atoms with van der Waals surface area (Å²) in [5, 5.41) is 12.5. The summed E-state index contributed by atoms with van der Waals surface area (Å²) in [6.45, 7) is 4.93. The highest BCUT2D eigenvalue weighted by Gasteiger charge is 2.38. The number of rotatable bonds is 3. The maximum atomic E-state index is 11.8. The molecule has 1 fully saturated rings. The second-order valence-electron chi connectivity index (χ2n) is 5.09. The van der Waals surface area contributed by atoms with Gasteiger partial charge in [0.15, 0.2) is 5.57 Å². The number of benzene rings is 1.